The number of benzene rings is 1. The maximum Gasteiger partial charge on any atom is 0.114 e. The van der Waals surface area contributed by atoms with Crippen molar-refractivity contribution in [3.63, 3.8) is 0 Å². The fraction of sp³-hybridized carbons (Fsp3) is 0.250. The van der Waals surface area contributed by atoms with E-state index in [0.29, 0.717) is 0 Å². The monoisotopic (exact) mass is 296 g/mol. The Kier molecular flexibility index (Phi) is 3.42. The summed E-state index contributed by atoms with van der Waals surface area (Å²) >= 11 is 5.13. The summed E-state index contributed by atoms with van der Waals surface area (Å²) in [5.41, 5.74) is 9.51. The van der Waals surface area contributed by atoms with E-state index < -0.39 is 0 Å². The van der Waals surface area contributed by atoms with Crippen molar-refractivity contribution < 1.29 is 0 Å². The minimum Gasteiger partial charge on any atom is -0.318 e. The maximum absolute atomic E-state index is 6.18. The quantitative estimate of drug-likeness (QED) is 0.920. The van der Waals surface area contributed by atoms with E-state index in [-0.39, 0.29) is 6.04 Å². The standard InChI is InChI=1S/C12H13BrN2S/c1-7-3-4-9(5-10(7)13)11(14)12-15-8(2)6-16-12/h3-6,11H,14H2,1-2H3. The lowest BCUT2D eigenvalue weighted by molar-refractivity contribution is 0.851. The minimum absolute atomic E-state index is 0.129. The van der Waals surface area contributed by atoms with Gasteiger partial charge in [0, 0.05) is 15.5 Å². The van der Waals surface area contributed by atoms with Crippen LogP contribution < -0.4 is 5.73 Å². The van der Waals surface area contributed by atoms with E-state index in [9.17, 15) is 0 Å². The van der Waals surface area contributed by atoms with Crippen LogP contribution in [0.15, 0.2) is 28.1 Å². The van der Waals surface area contributed by atoms with E-state index in [4.69, 9.17) is 5.73 Å². The molecular weight excluding hydrogens is 284 g/mol. The van der Waals surface area contributed by atoms with Crippen molar-refractivity contribution >= 4 is 27.3 Å². The van der Waals surface area contributed by atoms with Gasteiger partial charge in [0.15, 0.2) is 0 Å². The van der Waals surface area contributed by atoms with Crippen LogP contribution in [0.2, 0.25) is 0 Å². The summed E-state index contributed by atoms with van der Waals surface area (Å²) in [5.74, 6) is 0. The van der Waals surface area contributed by atoms with E-state index in [0.717, 1.165) is 20.7 Å². The Bertz CT molecular complexity index is 507. The number of rotatable bonds is 2. The highest BCUT2D eigenvalue weighted by molar-refractivity contribution is 9.10. The molecule has 1 aromatic carbocycles. The molecular formula is C12H13BrN2S. The van der Waals surface area contributed by atoms with Gasteiger partial charge in [-0.25, -0.2) is 4.98 Å². The molecule has 0 bridgehead atoms. The fourth-order valence-electron chi connectivity index (χ4n) is 1.46. The smallest absolute Gasteiger partial charge is 0.114 e. The Hall–Kier alpha value is -0.710. The van der Waals surface area contributed by atoms with Crippen molar-refractivity contribution in [1.82, 2.24) is 4.98 Å². The summed E-state index contributed by atoms with van der Waals surface area (Å²) in [5, 5.41) is 2.99. The van der Waals surface area contributed by atoms with Crippen molar-refractivity contribution in [3.8, 4) is 0 Å². The number of nitrogens with two attached hydrogens (primary N) is 1. The van der Waals surface area contributed by atoms with Gasteiger partial charge in [0.25, 0.3) is 0 Å². The first-order valence-corrected chi connectivity index (χ1v) is 6.69. The molecule has 1 atom stereocenters. The number of aryl methyl sites for hydroxylation is 2. The third kappa shape index (κ3) is 2.34. The molecule has 0 saturated carbocycles. The predicted octanol–water partition coefficient (Wildman–Crippen LogP) is 3.57. The third-order valence-electron chi connectivity index (χ3n) is 2.46. The zero-order valence-corrected chi connectivity index (χ0v) is 11.6. The molecule has 4 heteroatoms. The second kappa shape index (κ2) is 4.65. The Morgan fingerprint density at radius 2 is 2.12 bits per heavy atom. The summed E-state index contributed by atoms with van der Waals surface area (Å²) in [6.07, 6.45) is 0. The van der Waals surface area contributed by atoms with Gasteiger partial charge < -0.3 is 5.73 Å². The fourth-order valence-corrected chi connectivity index (χ4v) is 2.68. The topological polar surface area (TPSA) is 38.9 Å². The predicted molar refractivity (Wildman–Crippen MR) is 71.8 cm³/mol. The molecule has 1 heterocycles. The zero-order chi connectivity index (χ0) is 11.7. The van der Waals surface area contributed by atoms with Crippen molar-refractivity contribution in [3.05, 3.63) is 49.9 Å². The number of halogens is 1. The number of aromatic nitrogens is 1. The van der Waals surface area contributed by atoms with Crippen molar-refractivity contribution in [2.24, 2.45) is 5.73 Å². The first-order valence-electron chi connectivity index (χ1n) is 5.01. The summed E-state index contributed by atoms with van der Waals surface area (Å²) in [4.78, 5) is 4.42. The van der Waals surface area contributed by atoms with E-state index in [1.54, 1.807) is 11.3 Å². The Morgan fingerprint density at radius 1 is 1.38 bits per heavy atom. The summed E-state index contributed by atoms with van der Waals surface area (Å²) < 4.78 is 1.09. The molecule has 16 heavy (non-hydrogen) atoms. The third-order valence-corrected chi connectivity index (χ3v) is 4.36. The minimum atomic E-state index is -0.129. The number of hydrogen-bond donors (Lipinski definition) is 1. The summed E-state index contributed by atoms with van der Waals surface area (Å²) in [7, 11) is 0. The average Bonchev–Trinajstić information content (AvgIpc) is 2.68. The first kappa shape index (κ1) is 11.8. The zero-order valence-electron chi connectivity index (χ0n) is 9.20. The van der Waals surface area contributed by atoms with E-state index >= 15 is 0 Å². The molecule has 2 rings (SSSR count). The molecule has 0 spiro atoms. The van der Waals surface area contributed by atoms with Crippen LogP contribution in [0.5, 0.6) is 0 Å². The van der Waals surface area contributed by atoms with Gasteiger partial charge in [-0.1, -0.05) is 28.1 Å². The highest BCUT2D eigenvalue weighted by atomic mass is 79.9. The molecule has 2 nitrogen and oxygen atoms in total. The molecule has 0 saturated heterocycles. The molecule has 0 fully saturated rings. The van der Waals surface area contributed by atoms with Gasteiger partial charge >= 0.3 is 0 Å². The maximum atomic E-state index is 6.18. The normalized spacial score (nSPS) is 12.8. The van der Waals surface area contributed by atoms with Gasteiger partial charge in [-0.2, -0.15) is 0 Å². The van der Waals surface area contributed by atoms with E-state index in [2.05, 4.69) is 46.0 Å². The lowest BCUT2D eigenvalue weighted by Gasteiger charge is -2.10. The summed E-state index contributed by atoms with van der Waals surface area (Å²) in [6.45, 7) is 4.05. The molecule has 0 aliphatic carbocycles. The van der Waals surface area contributed by atoms with Crippen LogP contribution in [-0.2, 0) is 0 Å². The van der Waals surface area contributed by atoms with E-state index in [1.165, 1.54) is 5.56 Å². The lowest BCUT2D eigenvalue weighted by Crippen LogP contribution is -2.11. The van der Waals surface area contributed by atoms with Crippen LogP contribution in [0.1, 0.15) is 27.9 Å². The van der Waals surface area contributed by atoms with Gasteiger partial charge in [0.05, 0.1) is 6.04 Å². The number of thiazole rings is 1. The van der Waals surface area contributed by atoms with Crippen LogP contribution in [0.25, 0.3) is 0 Å². The van der Waals surface area contributed by atoms with Crippen LogP contribution >= 0.6 is 27.3 Å². The molecule has 84 valence electrons. The van der Waals surface area contributed by atoms with Crippen LogP contribution in [0, 0.1) is 13.8 Å². The Balaban J connectivity index is 2.33. The molecule has 1 unspecified atom stereocenters. The van der Waals surface area contributed by atoms with Crippen molar-refractivity contribution in [2.75, 3.05) is 0 Å². The van der Waals surface area contributed by atoms with Crippen molar-refractivity contribution in [2.45, 2.75) is 19.9 Å². The SMILES string of the molecule is Cc1csc(C(N)c2ccc(C)c(Br)c2)n1. The first-order chi connectivity index (χ1) is 7.58. The second-order valence-corrected chi connectivity index (χ2v) is 5.56. The molecule has 2 aromatic rings. The van der Waals surface area contributed by atoms with Gasteiger partial charge in [-0.15, -0.1) is 11.3 Å². The molecule has 0 radical (unpaired) electrons. The molecule has 1 aromatic heterocycles. The van der Waals surface area contributed by atoms with Gasteiger partial charge in [-0.3, -0.25) is 0 Å². The Labute approximate surface area is 108 Å². The number of nitrogens with zero attached hydrogens (tertiary/aromatic N) is 1. The molecule has 2 N–H and O–H groups in total. The molecule has 0 aliphatic rings. The van der Waals surface area contributed by atoms with Crippen LogP contribution in [0.4, 0.5) is 0 Å². The molecule has 0 aliphatic heterocycles. The van der Waals surface area contributed by atoms with Crippen LogP contribution in [-0.4, -0.2) is 4.98 Å². The average molecular weight is 297 g/mol. The lowest BCUT2D eigenvalue weighted by atomic mass is 10.1. The van der Waals surface area contributed by atoms with Crippen LogP contribution in [0.3, 0.4) is 0 Å². The highest BCUT2D eigenvalue weighted by Gasteiger charge is 2.13. The van der Waals surface area contributed by atoms with Gasteiger partial charge in [-0.05, 0) is 31.0 Å². The number of hydrogen-bond acceptors (Lipinski definition) is 3. The largest absolute Gasteiger partial charge is 0.318 e. The second-order valence-electron chi connectivity index (χ2n) is 3.81. The van der Waals surface area contributed by atoms with Gasteiger partial charge in [0.1, 0.15) is 5.01 Å². The Morgan fingerprint density at radius 3 is 2.69 bits per heavy atom. The van der Waals surface area contributed by atoms with E-state index in [1.807, 2.05) is 12.3 Å². The van der Waals surface area contributed by atoms with Crippen molar-refractivity contribution in [1.29, 1.82) is 0 Å². The highest BCUT2D eigenvalue weighted by Crippen LogP contribution is 2.26. The van der Waals surface area contributed by atoms with Gasteiger partial charge in [0.2, 0.25) is 0 Å². The summed E-state index contributed by atoms with van der Waals surface area (Å²) in [6, 6.07) is 6.06. The molecule has 0 amide bonds.